The maximum Gasteiger partial charge on any atom is 0.338 e. The van der Waals surface area contributed by atoms with E-state index in [1.165, 1.54) is 26.4 Å². The smallest absolute Gasteiger partial charge is 0.338 e. The van der Waals surface area contributed by atoms with Gasteiger partial charge in [0.1, 0.15) is 0 Å². The van der Waals surface area contributed by atoms with Gasteiger partial charge in [0.25, 0.3) is 0 Å². The molecule has 0 amide bonds. The monoisotopic (exact) mass is 232 g/mol. The highest BCUT2D eigenvalue weighted by molar-refractivity contribution is 5.77. The van der Waals surface area contributed by atoms with E-state index in [4.69, 9.17) is 14.6 Å². The van der Waals surface area contributed by atoms with Crippen molar-refractivity contribution < 1.29 is 19.4 Å². The van der Waals surface area contributed by atoms with E-state index in [1.54, 1.807) is 6.92 Å². The fourth-order valence-corrected chi connectivity index (χ4v) is 1.44. The van der Waals surface area contributed by atoms with Crippen LogP contribution in [-0.2, 0) is 14.3 Å². The summed E-state index contributed by atoms with van der Waals surface area (Å²) in [6.07, 6.45) is 5.63. The van der Waals surface area contributed by atoms with Gasteiger partial charge in [-0.15, -0.1) is 0 Å². The number of rotatable bonds is 10. The molecule has 0 aromatic heterocycles. The van der Waals surface area contributed by atoms with E-state index in [9.17, 15) is 4.79 Å². The Morgan fingerprint density at radius 3 is 2.38 bits per heavy atom. The minimum atomic E-state index is -1.21. The molecule has 4 nitrogen and oxygen atoms in total. The summed E-state index contributed by atoms with van der Waals surface area (Å²) in [6.45, 7) is 4.27. The molecule has 0 fully saturated rings. The Bertz CT molecular complexity index is 193. The first-order valence-corrected chi connectivity index (χ1v) is 5.93. The zero-order chi connectivity index (χ0) is 12.4. The van der Waals surface area contributed by atoms with Gasteiger partial charge in [-0.25, -0.2) is 4.79 Å². The Kier molecular flexibility index (Phi) is 8.21. The summed E-state index contributed by atoms with van der Waals surface area (Å²) >= 11 is 0. The van der Waals surface area contributed by atoms with Gasteiger partial charge < -0.3 is 14.6 Å². The lowest BCUT2D eigenvalue weighted by Gasteiger charge is -2.24. The SMILES string of the molecule is CCCCCCCOC(C)(COC)C(=O)O. The van der Waals surface area contributed by atoms with Crippen LogP contribution in [-0.4, -0.2) is 37.0 Å². The first kappa shape index (κ1) is 15.4. The quantitative estimate of drug-likeness (QED) is 0.588. The van der Waals surface area contributed by atoms with Crippen LogP contribution in [0.15, 0.2) is 0 Å². The number of methoxy groups -OCH3 is 1. The third kappa shape index (κ3) is 6.08. The minimum Gasteiger partial charge on any atom is -0.479 e. The van der Waals surface area contributed by atoms with Crippen LogP contribution >= 0.6 is 0 Å². The summed E-state index contributed by atoms with van der Waals surface area (Å²) in [5, 5.41) is 9.00. The number of carboxylic acids is 1. The van der Waals surface area contributed by atoms with Crippen molar-refractivity contribution in [2.45, 2.75) is 51.6 Å². The molecule has 0 aromatic carbocycles. The Morgan fingerprint density at radius 1 is 1.25 bits per heavy atom. The molecule has 1 N–H and O–H groups in total. The zero-order valence-electron chi connectivity index (χ0n) is 10.6. The van der Waals surface area contributed by atoms with Crippen LogP contribution in [0.3, 0.4) is 0 Å². The van der Waals surface area contributed by atoms with Gasteiger partial charge in [-0.05, 0) is 13.3 Å². The molecule has 0 radical (unpaired) electrons. The molecule has 0 saturated heterocycles. The second kappa shape index (κ2) is 8.53. The van der Waals surface area contributed by atoms with Crippen LogP contribution in [0.25, 0.3) is 0 Å². The molecule has 0 rings (SSSR count). The number of hydrogen-bond acceptors (Lipinski definition) is 3. The molecule has 4 heteroatoms. The highest BCUT2D eigenvalue weighted by Gasteiger charge is 2.34. The fourth-order valence-electron chi connectivity index (χ4n) is 1.44. The molecular formula is C12H24O4. The number of carboxylic acid groups (broad SMARTS) is 1. The topological polar surface area (TPSA) is 55.8 Å². The summed E-state index contributed by atoms with van der Waals surface area (Å²) < 4.78 is 10.2. The standard InChI is InChI=1S/C12H24O4/c1-4-5-6-7-8-9-16-12(2,10-15-3)11(13)14/h4-10H2,1-3H3,(H,13,14). The van der Waals surface area contributed by atoms with Gasteiger partial charge in [-0.2, -0.15) is 0 Å². The van der Waals surface area contributed by atoms with E-state index >= 15 is 0 Å². The van der Waals surface area contributed by atoms with Crippen molar-refractivity contribution in [3.05, 3.63) is 0 Å². The normalized spacial score (nSPS) is 14.7. The first-order valence-electron chi connectivity index (χ1n) is 5.93. The summed E-state index contributed by atoms with van der Waals surface area (Å²) in [5.41, 5.74) is -1.21. The first-order chi connectivity index (χ1) is 7.56. The van der Waals surface area contributed by atoms with Gasteiger partial charge in [-0.3, -0.25) is 0 Å². The lowest BCUT2D eigenvalue weighted by molar-refractivity contribution is -0.170. The Hall–Kier alpha value is -0.610. The average Bonchev–Trinajstić information content (AvgIpc) is 2.23. The van der Waals surface area contributed by atoms with Gasteiger partial charge in [0.15, 0.2) is 5.60 Å². The number of ether oxygens (including phenoxy) is 2. The third-order valence-electron chi connectivity index (χ3n) is 2.54. The molecule has 0 aliphatic heterocycles. The van der Waals surface area contributed by atoms with Crippen molar-refractivity contribution >= 4 is 5.97 Å². The highest BCUT2D eigenvalue weighted by atomic mass is 16.6. The summed E-state index contributed by atoms with van der Waals surface area (Å²) in [4.78, 5) is 11.0. The van der Waals surface area contributed by atoms with Crippen LogP contribution in [0.4, 0.5) is 0 Å². The van der Waals surface area contributed by atoms with E-state index in [1.807, 2.05) is 0 Å². The van der Waals surface area contributed by atoms with Crippen molar-refractivity contribution in [1.82, 2.24) is 0 Å². The summed E-state index contributed by atoms with van der Waals surface area (Å²) in [5.74, 6) is -0.970. The van der Waals surface area contributed by atoms with Crippen molar-refractivity contribution in [3.63, 3.8) is 0 Å². The van der Waals surface area contributed by atoms with Crippen molar-refractivity contribution in [3.8, 4) is 0 Å². The van der Waals surface area contributed by atoms with Gasteiger partial charge in [0, 0.05) is 13.7 Å². The number of carbonyl (C=O) groups is 1. The minimum absolute atomic E-state index is 0.0806. The zero-order valence-corrected chi connectivity index (χ0v) is 10.6. The van der Waals surface area contributed by atoms with E-state index in [0.717, 1.165) is 12.8 Å². The molecule has 1 unspecified atom stereocenters. The lowest BCUT2D eigenvalue weighted by atomic mass is 10.1. The van der Waals surface area contributed by atoms with Gasteiger partial charge >= 0.3 is 5.97 Å². The number of unbranched alkanes of at least 4 members (excludes halogenated alkanes) is 4. The van der Waals surface area contributed by atoms with Crippen molar-refractivity contribution in [2.75, 3.05) is 20.3 Å². The molecule has 0 aliphatic carbocycles. The Morgan fingerprint density at radius 2 is 1.88 bits per heavy atom. The highest BCUT2D eigenvalue weighted by Crippen LogP contribution is 2.13. The molecule has 0 saturated carbocycles. The van der Waals surface area contributed by atoms with Crippen LogP contribution in [0.1, 0.15) is 46.0 Å². The summed E-state index contributed by atoms with van der Waals surface area (Å²) in [7, 11) is 1.48. The van der Waals surface area contributed by atoms with E-state index in [0.29, 0.717) is 6.61 Å². The molecule has 1 atom stereocenters. The maximum absolute atomic E-state index is 11.0. The second-order valence-electron chi connectivity index (χ2n) is 4.23. The molecule has 16 heavy (non-hydrogen) atoms. The van der Waals surface area contributed by atoms with Crippen LogP contribution < -0.4 is 0 Å². The molecule has 0 aromatic rings. The van der Waals surface area contributed by atoms with E-state index in [2.05, 4.69) is 6.92 Å². The number of aliphatic carboxylic acids is 1. The maximum atomic E-state index is 11.0. The number of hydrogen-bond donors (Lipinski definition) is 1. The fraction of sp³-hybridized carbons (Fsp3) is 0.917. The van der Waals surface area contributed by atoms with Gasteiger partial charge in [-0.1, -0.05) is 32.6 Å². The molecule has 0 aliphatic rings. The van der Waals surface area contributed by atoms with Gasteiger partial charge in [0.2, 0.25) is 0 Å². The third-order valence-corrected chi connectivity index (χ3v) is 2.54. The molecule has 96 valence electrons. The Labute approximate surface area is 97.9 Å². The van der Waals surface area contributed by atoms with Crippen LogP contribution in [0.2, 0.25) is 0 Å². The summed E-state index contributed by atoms with van der Waals surface area (Å²) in [6, 6.07) is 0. The van der Waals surface area contributed by atoms with E-state index in [-0.39, 0.29) is 6.61 Å². The molecular weight excluding hydrogens is 208 g/mol. The predicted octanol–water partition coefficient (Wildman–Crippen LogP) is 2.46. The van der Waals surface area contributed by atoms with E-state index < -0.39 is 11.6 Å². The molecule has 0 bridgehead atoms. The van der Waals surface area contributed by atoms with Crippen molar-refractivity contribution in [1.29, 1.82) is 0 Å². The lowest BCUT2D eigenvalue weighted by Crippen LogP contribution is -2.43. The Balaban J connectivity index is 3.73. The molecule has 0 spiro atoms. The second-order valence-corrected chi connectivity index (χ2v) is 4.23. The van der Waals surface area contributed by atoms with Crippen LogP contribution in [0, 0.1) is 0 Å². The van der Waals surface area contributed by atoms with Crippen molar-refractivity contribution in [2.24, 2.45) is 0 Å². The van der Waals surface area contributed by atoms with Crippen LogP contribution in [0.5, 0.6) is 0 Å². The predicted molar refractivity (Wildman–Crippen MR) is 62.6 cm³/mol. The van der Waals surface area contributed by atoms with Gasteiger partial charge in [0.05, 0.1) is 6.61 Å². The largest absolute Gasteiger partial charge is 0.479 e. The average molecular weight is 232 g/mol. The molecule has 0 heterocycles.